The number of fused-ring (bicyclic) bond motifs is 1. The van der Waals surface area contributed by atoms with Crippen molar-refractivity contribution in [1.82, 2.24) is 19.7 Å². The maximum Gasteiger partial charge on any atom is 0.417 e. The Morgan fingerprint density at radius 2 is 1.85 bits per heavy atom. The van der Waals surface area contributed by atoms with Crippen molar-refractivity contribution in [1.29, 1.82) is 0 Å². The number of aromatic nitrogens is 3. The van der Waals surface area contributed by atoms with E-state index >= 15 is 0 Å². The van der Waals surface area contributed by atoms with Crippen LogP contribution in [0.2, 0.25) is 5.02 Å². The third-order valence-corrected chi connectivity index (χ3v) is 4.65. The highest BCUT2D eigenvalue weighted by atomic mass is 35.5. The van der Waals surface area contributed by atoms with E-state index in [9.17, 15) is 18.0 Å². The van der Waals surface area contributed by atoms with Crippen LogP contribution in [0.25, 0.3) is 0 Å². The number of carbonyl (C=O) groups excluding carboxylic acids is 1. The van der Waals surface area contributed by atoms with Crippen LogP contribution in [0.3, 0.4) is 0 Å². The molecule has 2 heterocycles. The number of hydrogen-bond donors (Lipinski definition) is 0. The average molecular weight is 387 g/mol. The molecule has 1 amide bonds. The summed E-state index contributed by atoms with van der Waals surface area (Å²) >= 11 is 5.87. The fourth-order valence-corrected chi connectivity index (χ4v) is 3.29. The minimum atomic E-state index is -4.61. The van der Waals surface area contributed by atoms with Gasteiger partial charge in [-0.1, -0.05) is 38.4 Å². The molecule has 0 atom stereocenters. The molecule has 0 radical (unpaired) electrons. The van der Waals surface area contributed by atoms with E-state index < -0.39 is 22.7 Å². The number of rotatable bonds is 1. The lowest BCUT2D eigenvalue weighted by atomic mass is 9.95. The minimum Gasteiger partial charge on any atom is -0.329 e. The number of amides is 1. The molecule has 0 fully saturated rings. The van der Waals surface area contributed by atoms with Crippen LogP contribution in [0, 0.1) is 0 Å². The molecule has 140 valence electrons. The molecule has 2 aromatic rings. The Morgan fingerprint density at radius 1 is 1.15 bits per heavy atom. The first-order chi connectivity index (χ1) is 12.0. The zero-order chi connectivity index (χ0) is 19.3. The molecule has 0 spiro atoms. The van der Waals surface area contributed by atoms with Gasteiger partial charge in [0, 0.05) is 18.5 Å². The van der Waals surface area contributed by atoms with Gasteiger partial charge in [0.25, 0.3) is 5.91 Å². The average Bonchev–Trinajstić information content (AvgIpc) is 2.96. The van der Waals surface area contributed by atoms with Gasteiger partial charge in [-0.05, 0) is 12.1 Å². The zero-order valence-corrected chi connectivity index (χ0v) is 15.3. The second-order valence-electron chi connectivity index (χ2n) is 7.23. The Kier molecular flexibility index (Phi) is 4.50. The van der Waals surface area contributed by atoms with Gasteiger partial charge in [0.05, 0.1) is 22.7 Å². The van der Waals surface area contributed by atoms with Crippen LogP contribution < -0.4 is 0 Å². The topological polar surface area (TPSA) is 51.0 Å². The van der Waals surface area contributed by atoms with Crippen molar-refractivity contribution < 1.29 is 18.0 Å². The van der Waals surface area contributed by atoms with Crippen molar-refractivity contribution in [3.63, 3.8) is 0 Å². The normalized spacial score (nSPS) is 15.1. The molecule has 0 saturated carbocycles. The second kappa shape index (κ2) is 6.26. The van der Waals surface area contributed by atoms with Crippen molar-refractivity contribution in [3.8, 4) is 0 Å². The fourth-order valence-electron chi connectivity index (χ4n) is 2.97. The zero-order valence-electron chi connectivity index (χ0n) is 14.6. The van der Waals surface area contributed by atoms with Gasteiger partial charge < -0.3 is 9.47 Å². The Morgan fingerprint density at radius 3 is 2.46 bits per heavy atom. The van der Waals surface area contributed by atoms with Crippen molar-refractivity contribution in [3.05, 3.63) is 46.0 Å². The predicted octanol–water partition coefficient (Wildman–Crippen LogP) is 3.90. The number of halogens is 4. The van der Waals surface area contributed by atoms with Gasteiger partial charge in [-0.3, -0.25) is 4.79 Å². The Bertz CT molecular complexity index is 855. The maximum atomic E-state index is 13.0. The lowest BCUT2D eigenvalue weighted by molar-refractivity contribution is -0.137. The number of carbonyl (C=O) groups is 1. The highest BCUT2D eigenvalue weighted by Crippen LogP contribution is 2.36. The summed E-state index contributed by atoms with van der Waals surface area (Å²) in [5, 5.41) is 7.76. The molecular formula is C17H18ClF3N4O. The SMILES string of the molecule is CC(C)(C)c1nnc2n1CCN(C(=O)c1cccc(C(F)(F)F)c1Cl)C2. The first-order valence-electron chi connectivity index (χ1n) is 8.07. The van der Waals surface area contributed by atoms with Crippen LogP contribution in [-0.2, 0) is 24.7 Å². The lowest BCUT2D eigenvalue weighted by Gasteiger charge is -2.30. The Hall–Kier alpha value is -2.09. The first kappa shape index (κ1) is 18.7. The van der Waals surface area contributed by atoms with E-state index in [2.05, 4.69) is 10.2 Å². The molecule has 1 aromatic heterocycles. The summed E-state index contributed by atoms with van der Waals surface area (Å²) in [5.41, 5.74) is -1.37. The number of benzene rings is 1. The van der Waals surface area contributed by atoms with Crippen molar-refractivity contribution in [2.24, 2.45) is 0 Å². The largest absolute Gasteiger partial charge is 0.417 e. The summed E-state index contributed by atoms with van der Waals surface area (Å²) < 4.78 is 41.0. The third kappa shape index (κ3) is 3.30. The van der Waals surface area contributed by atoms with E-state index in [1.54, 1.807) is 0 Å². The highest BCUT2D eigenvalue weighted by Gasteiger charge is 2.36. The van der Waals surface area contributed by atoms with Crippen LogP contribution >= 0.6 is 11.6 Å². The second-order valence-corrected chi connectivity index (χ2v) is 7.61. The number of alkyl halides is 3. The Balaban J connectivity index is 1.89. The first-order valence-corrected chi connectivity index (χ1v) is 8.45. The molecule has 9 heteroatoms. The summed E-state index contributed by atoms with van der Waals surface area (Å²) in [7, 11) is 0. The molecule has 0 unspecified atom stereocenters. The van der Waals surface area contributed by atoms with Gasteiger partial charge in [-0.2, -0.15) is 13.2 Å². The van der Waals surface area contributed by atoms with E-state index in [1.807, 2.05) is 25.3 Å². The molecule has 0 aliphatic carbocycles. The van der Waals surface area contributed by atoms with E-state index in [0.29, 0.717) is 18.9 Å². The summed E-state index contributed by atoms with van der Waals surface area (Å²) in [6.45, 7) is 7.06. The lowest BCUT2D eigenvalue weighted by Crippen LogP contribution is -2.39. The summed E-state index contributed by atoms with van der Waals surface area (Å²) in [6, 6.07) is 3.35. The molecular weight excluding hydrogens is 369 g/mol. The summed E-state index contributed by atoms with van der Waals surface area (Å²) in [6.07, 6.45) is -4.61. The fraction of sp³-hybridized carbons (Fsp3) is 0.471. The number of nitrogens with zero attached hydrogens (tertiary/aromatic N) is 4. The van der Waals surface area contributed by atoms with Crippen molar-refractivity contribution in [2.75, 3.05) is 6.54 Å². The van der Waals surface area contributed by atoms with E-state index in [0.717, 1.165) is 11.9 Å². The molecule has 3 rings (SSSR count). The molecule has 1 aliphatic rings. The summed E-state index contributed by atoms with van der Waals surface area (Å²) in [5.74, 6) is 0.877. The van der Waals surface area contributed by atoms with Gasteiger partial charge in [0.15, 0.2) is 5.82 Å². The smallest absolute Gasteiger partial charge is 0.329 e. The summed E-state index contributed by atoms with van der Waals surface area (Å²) in [4.78, 5) is 14.2. The highest BCUT2D eigenvalue weighted by molar-refractivity contribution is 6.34. The molecule has 0 bridgehead atoms. The van der Waals surface area contributed by atoms with E-state index in [4.69, 9.17) is 11.6 Å². The molecule has 5 nitrogen and oxygen atoms in total. The van der Waals surface area contributed by atoms with E-state index in [1.165, 1.54) is 17.0 Å². The Labute approximate surface area is 153 Å². The molecule has 0 N–H and O–H groups in total. The van der Waals surface area contributed by atoms with Crippen LogP contribution in [0.15, 0.2) is 18.2 Å². The van der Waals surface area contributed by atoms with Crippen LogP contribution in [0.1, 0.15) is 48.3 Å². The predicted molar refractivity (Wildman–Crippen MR) is 89.9 cm³/mol. The number of hydrogen-bond acceptors (Lipinski definition) is 3. The van der Waals surface area contributed by atoms with Crippen LogP contribution in [0.5, 0.6) is 0 Å². The van der Waals surface area contributed by atoms with Crippen LogP contribution in [0.4, 0.5) is 13.2 Å². The van der Waals surface area contributed by atoms with Gasteiger partial charge >= 0.3 is 6.18 Å². The monoisotopic (exact) mass is 386 g/mol. The molecule has 26 heavy (non-hydrogen) atoms. The molecule has 0 saturated heterocycles. The third-order valence-electron chi connectivity index (χ3n) is 4.25. The van der Waals surface area contributed by atoms with Gasteiger partial charge in [0.2, 0.25) is 0 Å². The van der Waals surface area contributed by atoms with Crippen molar-refractivity contribution >= 4 is 17.5 Å². The standard InChI is InChI=1S/C17H18ClF3N4O/c1-16(2,3)15-23-22-12-9-24(7-8-25(12)15)14(26)10-5-4-6-11(13(10)18)17(19,20)21/h4-6H,7-9H2,1-3H3. The van der Waals surface area contributed by atoms with E-state index in [-0.39, 0.29) is 17.5 Å². The van der Waals surface area contributed by atoms with Gasteiger partial charge in [-0.25, -0.2) is 0 Å². The molecule has 1 aromatic carbocycles. The molecule has 1 aliphatic heterocycles. The van der Waals surface area contributed by atoms with Gasteiger partial charge in [0.1, 0.15) is 5.82 Å². The maximum absolute atomic E-state index is 13.0. The minimum absolute atomic E-state index is 0.162. The van der Waals surface area contributed by atoms with Gasteiger partial charge in [-0.15, -0.1) is 10.2 Å². The van der Waals surface area contributed by atoms with Crippen LogP contribution in [-0.4, -0.2) is 32.1 Å². The van der Waals surface area contributed by atoms with Crippen molar-refractivity contribution in [2.45, 2.75) is 45.5 Å². The quantitative estimate of drug-likeness (QED) is 0.746.